The summed E-state index contributed by atoms with van der Waals surface area (Å²) in [4.78, 5) is 12.5. The van der Waals surface area contributed by atoms with Crippen molar-refractivity contribution < 1.29 is 9.53 Å². The van der Waals surface area contributed by atoms with E-state index in [1.165, 1.54) is 11.8 Å². The number of rotatable bonds is 3. The molecular formula is C13H17N3O2S. The number of esters is 1. The molecule has 102 valence electrons. The van der Waals surface area contributed by atoms with Crippen molar-refractivity contribution in [1.29, 1.82) is 0 Å². The number of thioether (sulfide) groups is 1. The molecule has 0 aliphatic carbocycles. The van der Waals surface area contributed by atoms with E-state index in [0.717, 1.165) is 15.8 Å². The third-order valence-electron chi connectivity index (χ3n) is 2.34. The van der Waals surface area contributed by atoms with Crippen molar-refractivity contribution >= 4 is 34.3 Å². The van der Waals surface area contributed by atoms with Crippen LogP contribution < -0.4 is 5.73 Å². The fraction of sp³-hybridized carbons (Fsp3) is 0.385. The lowest BCUT2D eigenvalue weighted by molar-refractivity contribution is -0.151. The van der Waals surface area contributed by atoms with Crippen molar-refractivity contribution in [3.63, 3.8) is 0 Å². The molecule has 2 rings (SSSR count). The van der Waals surface area contributed by atoms with Gasteiger partial charge in [-0.05, 0) is 32.9 Å². The van der Waals surface area contributed by atoms with E-state index < -0.39 is 5.60 Å². The molecule has 0 radical (unpaired) electrons. The van der Waals surface area contributed by atoms with Gasteiger partial charge in [0.1, 0.15) is 5.60 Å². The molecule has 2 aromatic rings. The highest BCUT2D eigenvalue weighted by Crippen LogP contribution is 2.29. The molecule has 1 aromatic carbocycles. The highest BCUT2D eigenvalue weighted by molar-refractivity contribution is 8.00. The average Bonchev–Trinajstić information content (AvgIpc) is 2.70. The Labute approximate surface area is 115 Å². The molecule has 0 aliphatic heterocycles. The van der Waals surface area contributed by atoms with E-state index in [0.29, 0.717) is 5.69 Å². The van der Waals surface area contributed by atoms with E-state index >= 15 is 0 Å². The predicted octanol–water partition coefficient (Wildman–Crippen LogP) is 2.58. The van der Waals surface area contributed by atoms with Crippen LogP contribution in [0.25, 0.3) is 10.9 Å². The monoisotopic (exact) mass is 279 g/mol. The maximum atomic E-state index is 11.7. The second-order valence-corrected chi connectivity index (χ2v) is 6.24. The highest BCUT2D eigenvalue weighted by atomic mass is 32.2. The number of aromatic nitrogens is 2. The van der Waals surface area contributed by atoms with Gasteiger partial charge in [-0.25, -0.2) is 0 Å². The lowest BCUT2D eigenvalue weighted by Crippen LogP contribution is -2.24. The van der Waals surface area contributed by atoms with Gasteiger partial charge in [0.2, 0.25) is 0 Å². The Morgan fingerprint density at radius 1 is 1.47 bits per heavy atom. The number of nitrogen functional groups attached to an aromatic ring is 1. The molecule has 0 fully saturated rings. The summed E-state index contributed by atoms with van der Waals surface area (Å²) >= 11 is 1.37. The summed E-state index contributed by atoms with van der Waals surface area (Å²) in [6.07, 6.45) is 1.72. The first kappa shape index (κ1) is 13.7. The first-order valence-corrected chi connectivity index (χ1v) is 6.91. The van der Waals surface area contributed by atoms with E-state index in [2.05, 4.69) is 10.2 Å². The number of H-pyrrole nitrogens is 1. The number of hydrogen-bond acceptors (Lipinski definition) is 5. The van der Waals surface area contributed by atoms with Crippen LogP contribution in [-0.4, -0.2) is 27.5 Å². The van der Waals surface area contributed by atoms with E-state index in [9.17, 15) is 4.79 Å². The first-order valence-electron chi connectivity index (χ1n) is 5.92. The second kappa shape index (κ2) is 5.13. The topological polar surface area (TPSA) is 81.0 Å². The molecule has 1 heterocycles. The lowest BCUT2D eigenvalue weighted by Gasteiger charge is -2.19. The normalized spacial score (nSPS) is 11.7. The Bertz CT molecular complexity index is 601. The molecule has 3 N–H and O–H groups in total. The van der Waals surface area contributed by atoms with Gasteiger partial charge < -0.3 is 10.5 Å². The van der Waals surface area contributed by atoms with Gasteiger partial charge in [0.05, 0.1) is 17.5 Å². The highest BCUT2D eigenvalue weighted by Gasteiger charge is 2.16. The fourth-order valence-electron chi connectivity index (χ4n) is 1.62. The third-order valence-corrected chi connectivity index (χ3v) is 3.38. The molecule has 0 atom stereocenters. The van der Waals surface area contributed by atoms with Crippen LogP contribution in [0, 0.1) is 0 Å². The van der Waals surface area contributed by atoms with Crippen molar-refractivity contribution in [1.82, 2.24) is 10.2 Å². The van der Waals surface area contributed by atoms with Crippen molar-refractivity contribution in [3.05, 3.63) is 18.3 Å². The number of hydrogen-bond donors (Lipinski definition) is 2. The standard InChI is InChI=1S/C13H17N3O2S/c1-13(2,3)18-12(17)7-19-11-5-10-8(4-9(11)14)6-15-16-10/h4-6H,7,14H2,1-3H3,(H,15,16). The van der Waals surface area contributed by atoms with Crippen LogP contribution in [0.1, 0.15) is 20.8 Å². The van der Waals surface area contributed by atoms with Crippen LogP contribution in [0.2, 0.25) is 0 Å². The van der Waals surface area contributed by atoms with Gasteiger partial charge in [0.15, 0.2) is 0 Å². The average molecular weight is 279 g/mol. The maximum Gasteiger partial charge on any atom is 0.316 e. The summed E-state index contributed by atoms with van der Waals surface area (Å²) in [6.45, 7) is 5.54. The van der Waals surface area contributed by atoms with Crippen molar-refractivity contribution in [2.75, 3.05) is 11.5 Å². The van der Waals surface area contributed by atoms with Crippen LogP contribution >= 0.6 is 11.8 Å². The fourth-order valence-corrected chi connectivity index (χ4v) is 2.38. The largest absolute Gasteiger partial charge is 0.459 e. The van der Waals surface area contributed by atoms with Crippen molar-refractivity contribution in [3.8, 4) is 0 Å². The summed E-state index contributed by atoms with van der Waals surface area (Å²) in [6, 6.07) is 3.74. The number of fused-ring (bicyclic) bond motifs is 1. The number of nitrogens with zero attached hydrogens (tertiary/aromatic N) is 1. The number of aromatic amines is 1. The number of anilines is 1. The Kier molecular flexibility index (Phi) is 3.71. The summed E-state index contributed by atoms with van der Waals surface area (Å²) in [5.74, 6) is -0.0113. The molecule has 1 aromatic heterocycles. The Balaban J connectivity index is 2.05. The Hall–Kier alpha value is -1.69. The number of carbonyl (C=O) groups excluding carboxylic acids is 1. The third kappa shape index (κ3) is 3.64. The molecule has 0 aliphatic rings. The smallest absolute Gasteiger partial charge is 0.316 e. The summed E-state index contributed by atoms with van der Waals surface area (Å²) in [7, 11) is 0. The van der Waals surface area contributed by atoms with Crippen molar-refractivity contribution in [2.45, 2.75) is 31.3 Å². The predicted molar refractivity (Wildman–Crippen MR) is 77.1 cm³/mol. The molecule has 5 nitrogen and oxygen atoms in total. The molecule has 6 heteroatoms. The zero-order chi connectivity index (χ0) is 14.0. The Morgan fingerprint density at radius 2 is 2.21 bits per heavy atom. The number of nitrogens with one attached hydrogen (secondary N) is 1. The van der Waals surface area contributed by atoms with Gasteiger partial charge in [-0.2, -0.15) is 5.10 Å². The summed E-state index contributed by atoms with van der Waals surface area (Å²) < 4.78 is 5.25. The number of benzene rings is 1. The number of nitrogens with two attached hydrogens (primary N) is 1. The Morgan fingerprint density at radius 3 is 2.89 bits per heavy atom. The quantitative estimate of drug-likeness (QED) is 0.513. The van der Waals surface area contributed by atoms with Gasteiger partial charge in [0.25, 0.3) is 0 Å². The molecule has 19 heavy (non-hydrogen) atoms. The van der Waals surface area contributed by atoms with E-state index in [1.807, 2.05) is 32.9 Å². The van der Waals surface area contributed by atoms with Crippen LogP contribution in [0.15, 0.2) is 23.2 Å². The van der Waals surface area contributed by atoms with Crippen LogP contribution in [0.3, 0.4) is 0 Å². The van der Waals surface area contributed by atoms with E-state index in [4.69, 9.17) is 10.5 Å². The number of carbonyl (C=O) groups is 1. The molecule has 0 saturated carbocycles. The lowest BCUT2D eigenvalue weighted by atomic mass is 10.2. The van der Waals surface area contributed by atoms with Gasteiger partial charge >= 0.3 is 5.97 Å². The molecular weight excluding hydrogens is 262 g/mol. The minimum atomic E-state index is -0.462. The van der Waals surface area contributed by atoms with Gasteiger partial charge in [0, 0.05) is 16.0 Å². The van der Waals surface area contributed by atoms with Crippen LogP contribution in [0.4, 0.5) is 5.69 Å². The van der Waals surface area contributed by atoms with Gasteiger partial charge in [-0.15, -0.1) is 11.8 Å². The minimum Gasteiger partial charge on any atom is -0.459 e. The van der Waals surface area contributed by atoms with Crippen LogP contribution in [-0.2, 0) is 9.53 Å². The molecule has 0 saturated heterocycles. The summed E-state index contributed by atoms with van der Waals surface area (Å²) in [5, 5.41) is 7.78. The van der Waals surface area contributed by atoms with E-state index in [-0.39, 0.29) is 11.7 Å². The molecule has 0 spiro atoms. The molecule has 0 amide bonds. The second-order valence-electron chi connectivity index (χ2n) is 5.22. The van der Waals surface area contributed by atoms with E-state index in [1.54, 1.807) is 6.20 Å². The molecule has 0 unspecified atom stereocenters. The maximum absolute atomic E-state index is 11.7. The number of ether oxygens (including phenoxy) is 1. The van der Waals surface area contributed by atoms with Gasteiger partial charge in [-0.1, -0.05) is 0 Å². The minimum absolute atomic E-state index is 0.237. The molecule has 0 bridgehead atoms. The van der Waals surface area contributed by atoms with Crippen LogP contribution in [0.5, 0.6) is 0 Å². The zero-order valence-electron chi connectivity index (χ0n) is 11.2. The van der Waals surface area contributed by atoms with Crippen molar-refractivity contribution in [2.24, 2.45) is 0 Å². The summed E-state index contributed by atoms with van der Waals surface area (Å²) in [5.41, 5.74) is 7.03. The SMILES string of the molecule is CC(C)(C)OC(=O)CSc1cc2[nH]ncc2cc1N. The van der Waals surface area contributed by atoms with Gasteiger partial charge in [-0.3, -0.25) is 9.89 Å². The zero-order valence-corrected chi connectivity index (χ0v) is 12.0. The first-order chi connectivity index (χ1) is 8.85.